The van der Waals surface area contributed by atoms with E-state index in [-0.39, 0.29) is 42.3 Å². The van der Waals surface area contributed by atoms with Crippen LogP contribution in [0.25, 0.3) is 33.0 Å². The summed E-state index contributed by atoms with van der Waals surface area (Å²) in [6, 6.07) is 6.98. The van der Waals surface area contributed by atoms with Crippen LogP contribution >= 0.6 is 0 Å². The van der Waals surface area contributed by atoms with Crippen LogP contribution < -0.4 is 24.8 Å². The lowest BCUT2D eigenvalue weighted by molar-refractivity contribution is -0.141. The first-order valence-electron chi connectivity index (χ1n) is 20.2. The van der Waals surface area contributed by atoms with Crippen LogP contribution in [-0.4, -0.2) is 90.9 Å². The number of likely N-dealkylation sites (tertiary alicyclic amines) is 1. The third-order valence-corrected chi connectivity index (χ3v) is 13.7. The molecule has 1 saturated heterocycles. The van der Waals surface area contributed by atoms with Gasteiger partial charge in [0.2, 0.25) is 21.8 Å². The number of carbonyl (C=O) groups excluding carboxylic acids is 4. The van der Waals surface area contributed by atoms with Gasteiger partial charge in [0.25, 0.3) is 5.91 Å². The summed E-state index contributed by atoms with van der Waals surface area (Å²) in [5.74, 6) is -3.08. The number of rotatable bonds is 13. The van der Waals surface area contributed by atoms with Crippen LogP contribution in [0.3, 0.4) is 0 Å². The molecule has 5 atom stereocenters. The first-order chi connectivity index (χ1) is 28.2. The van der Waals surface area contributed by atoms with E-state index in [0.717, 1.165) is 32.1 Å². The van der Waals surface area contributed by atoms with Crippen LogP contribution in [0.4, 0.5) is 9.18 Å². The molecule has 59 heavy (non-hydrogen) atoms. The highest BCUT2D eigenvalue weighted by Crippen LogP contribution is 2.46. The lowest BCUT2D eigenvalue weighted by atomic mass is 9.98. The maximum Gasteiger partial charge on any atom is 0.408 e. The van der Waals surface area contributed by atoms with E-state index in [1.54, 1.807) is 32.0 Å². The number of amides is 4. The Bertz CT molecular complexity index is 2460. The highest BCUT2D eigenvalue weighted by atomic mass is 32.2. The fourth-order valence-electron chi connectivity index (χ4n) is 8.40. The molecular formula is C42H48FN5O10S. The Morgan fingerprint density at radius 1 is 1.03 bits per heavy atom. The predicted molar refractivity (Wildman–Crippen MR) is 214 cm³/mol. The molecule has 17 heteroatoms. The fraction of sp³-hybridized carbons (Fsp3) is 0.500. The minimum absolute atomic E-state index is 0.0816. The van der Waals surface area contributed by atoms with E-state index in [4.69, 9.17) is 23.6 Å². The molecule has 15 nitrogen and oxygen atoms in total. The fourth-order valence-corrected chi connectivity index (χ4v) is 9.77. The molecule has 0 unspecified atom stereocenters. The molecular weight excluding hydrogens is 786 g/mol. The Morgan fingerprint density at radius 2 is 1.80 bits per heavy atom. The topological polar surface area (TPSA) is 195 Å². The minimum Gasteiger partial charge on any atom is -0.493 e. The predicted octanol–water partition coefficient (Wildman–Crippen LogP) is 5.38. The number of benzene rings is 2. The number of methoxy groups -OCH3 is 1. The van der Waals surface area contributed by atoms with Crippen molar-refractivity contribution < 1.29 is 50.6 Å². The average molecular weight is 834 g/mol. The Morgan fingerprint density at radius 3 is 2.47 bits per heavy atom. The first-order valence-corrected chi connectivity index (χ1v) is 21.7. The van der Waals surface area contributed by atoms with E-state index in [1.807, 2.05) is 0 Å². The molecule has 0 spiro atoms. The van der Waals surface area contributed by atoms with Gasteiger partial charge in [-0.2, -0.15) is 0 Å². The molecule has 3 heterocycles. The van der Waals surface area contributed by atoms with Crippen molar-refractivity contribution in [2.24, 2.45) is 11.8 Å². The van der Waals surface area contributed by atoms with Gasteiger partial charge in [-0.05, 0) is 75.1 Å². The van der Waals surface area contributed by atoms with Crippen LogP contribution in [0.2, 0.25) is 0 Å². The lowest BCUT2D eigenvalue weighted by Gasteiger charge is -2.31. The van der Waals surface area contributed by atoms with Crippen LogP contribution in [0, 0.1) is 17.7 Å². The van der Waals surface area contributed by atoms with Crippen molar-refractivity contribution in [3.63, 3.8) is 0 Å². The molecule has 4 fully saturated rings. The quantitative estimate of drug-likeness (QED) is 0.146. The number of halogens is 1. The van der Waals surface area contributed by atoms with Gasteiger partial charge in [0.05, 0.1) is 29.8 Å². The molecule has 3 aliphatic carbocycles. The number of hydrogen-bond donors (Lipinski definition) is 3. The highest BCUT2D eigenvalue weighted by Gasteiger charge is 2.62. The first kappa shape index (κ1) is 40.3. The molecule has 4 aromatic rings. The SMILES string of the molecule is C=C[C@@H]1C[C@]1(NC(=O)[C@@H]1C[C@@H](Oc2c3ccc(F)cc3nc3c2oc2c(OC)cccc23)CN1C(=O)[C@@H](NC(=O)OC1CCCCC1)C(C)C)C(=O)NS(=O)(=O)C1CC1. The van der Waals surface area contributed by atoms with Crippen molar-refractivity contribution in [1.82, 2.24) is 25.2 Å². The number of alkyl carbamates (subject to hydrolysis) is 1. The highest BCUT2D eigenvalue weighted by molar-refractivity contribution is 7.91. The number of pyridine rings is 1. The van der Waals surface area contributed by atoms with Crippen LogP contribution in [0.5, 0.6) is 11.5 Å². The molecule has 4 aliphatic rings. The van der Waals surface area contributed by atoms with E-state index >= 15 is 0 Å². The number of nitrogens with zero attached hydrogens (tertiary/aromatic N) is 2. The Hall–Kier alpha value is -5.45. The third-order valence-electron chi connectivity index (χ3n) is 11.9. The van der Waals surface area contributed by atoms with E-state index < -0.39 is 80.5 Å². The number of nitrogens with one attached hydrogen (secondary N) is 3. The maximum absolute atomic E-state index is 14.6. The van der Waals surface area contributed by atoms with Crippen molar-refractivity contribution in [1.29, 1.82) is 0 Å². The average Bonchev–Trinajstić information content (AvgIpc) is 4.11. The zero-order chi connectivity index (χ0) is 41.8. The third kappa shape index (κ3) is 7.76. The zero-order valence-corrected chi connectivity index (χ0v) is 33.9. The van der Waals surface area contributed by atoms with Gasteiger partial charge in [-0.3, -0.25) is 19.1 Å². The summed E-state index contributed by atoms with van der Waals surface area (Å²) in [5.41, 5.74) is -0.333. The maximum atomic E-state index is 14.6. The van der Waals surface area contributed by atoms with Crippen molar-refractivity contribution in [2.45, 2.75) is 107 Å². The zero-order valence-electron chi connectivity index (χ0n) is 33.1. The number of carbonyl (C=O) groups is 4. The summed E-state index contributed by atoms with van der Waals surface area (Å²) >= 11 is 0. The van der Waals surface area contributed by atoms with Crippen LogP contribution in [-0.2, 0) is 29.1 Å². The van der Waals surface area contributed by atoms with Gasteiger partial charge in [0.1, 0.15) is 41.2 Å². The van der Waals surface area contributed by atoms with E-state index in [9.17, 15) is 32.0 Å². The van der Waals surface area contributed by atoms with Gasteiger partial charge in [-0.1, -0.05) is 32.4 Å². The van der Waals surface area contributed by atoms with Crippen molar-refractivity contribution in [3.8, 4) is 11.5 Å². The summed E-state index contributed by atoms with van der Waals surface area (Å²) < 4.78 is 66.7. The molecule has 314 valence electrons. The molecule has 2 aromatic heterocycles. The number of sulfonamides is 1. The van der Waals surface area contributed by atoms with Crippen molar-refractivity contribution in [2.75, 3.05) is 13.7 Å². The molecule has 4 amide bonds. The van der Waals surface area contributed by atoms with E-state index in [0.29, 0.717) is 40.5 Å². The number of fused-ring (bicyclic) bond motifs is 4. The van der Waals surface area contributed by atoms with Gasteiger partial charge in [0.15, 0.2) is 22.7 Å². The Labute approximate surface area is 340 Å². The summed E-state index contributed by atoms with van der Waals surface area (Å²) in [4.78, 5) is 62.0. The number of aromatic nitrogens is 1. The van der Waals surface area contributed by atoms with Gasteiger partial charge in [-0.15, -0.1) is 6.58 Å². The molecule has 1 aliphatic heterocycles. The molecule has 3 saturated carbocycles. The van der Waals surface area contributed by atoms with Crippen LogP contribution in [0.15, 0.2) is 53.5 Å². The standard InChI is InChI=1S/C42H48FN5O10S/c1-5-23-20-42(23,40(51)47-59(53,54)27-15-16-27)46-38(49)31-19-26(21-48(31)39(50)33(22(2)3)45-41(52)57-25-10-7-6-8-11-25)56-36-28-17-14-24(43)18-30(28)44-34-29-12-9-13-32(55-4)35(29)58-37(34)36/h5,9,12-14,17-18,22-23,25-27,31,33H,1,6-8,10-11,15-16,19-21H2,2-4H3,(H,45,52)(H,46,49)(H,47,51)/t23-,26-,31+,33+,42-/m1/s1. The van der Waals surface area contributed by atoms with Crippen molar-refractivity contribution >= 4 is 66.8 Å². The number of ether oxygens (including phenoxy) is 3. The molecule has 2 aromatic carbocycles. The Kier molecular flexibility index (Phi) is 10.7. The summed E-state index contributed by atoms with van der Waals surface area (Å²) in [6.07, 6.45) is 4.87. The van der Waals surface area contributed by atoms with Crippen molar-refractivity contribution in [3.05, 3.63) is 54.9 Å². The largest absolute Gasteiger partial charge is 0.493 e. The van der Waals surface area contributed by atoms with E-state index in [2.05, 4.69) is 21.9 Å². The summed E-state index contributed by atoms with van der Waals surface area (Å²) in [6.45, 7) is 7.16. The molecule has 0 bridgehead atoms. The minimum atomic E-state index is -3.95. The number of furan rings is 1. The van der Waals surface area contributed by atoms with Crippen LogP contribution in [0.1, 0.15) is 71.6 Å². The second-order valence-electron chi connectivity index (χ2n) is 16.4. The second kappa shape index (κ2) is 15.6. The number of para-hydroxylation sites is 1. The normalized spacial score (nSPS) is 23.9. The van der Waals surface area contributed by atoms with E-state index in [1.165, 1.54) is 36.3 Å². The van der Waals surface area contributed by atoms with Gasteiger partial charge in [0, 0.05) is 23.8 Å². The monoisotopic (exact) mass is 833 g/mol. The molecule has 3 N–H and O–H groups in total. The number of hydrogen-bond acceptors (Lipinski definition) is 11. The Balaban J connectivity index is 1.13. The summed E-state index contributed by atoms with van der Waals surface area (Å²) in [7, 11) is -2.45. The van der Waals surface area contributed by atoms with Gasteiger partial charge < -0.3 is 34.2 Å². The molecule has 0 radical (unpaired) electrons. The molecule has 8 rings (SSSR count). The van der Waals surface area contributed by atoms with Gasteiger partial charge in [-0.25, -0.2) is 22.6 Å². The lowest BCUT2D eigenvalue weighted by Crippen LogP contribution is -2.59. The van der Waals surface area contributed by atoms with Gasteiger partial charge >= 0.3 is 6.09 Å². The summed E-state index contributed by atoms with van der Waals surface area (Å²) in [5, 5.41) is 5.86. The second-order valence-corrected chi connectivity index (χ2v) is 18.4. The smallest absolute Gasteiger partial charge is 0.408 e.